The lowest BCUT2D eigenvalue weighted by Crippen LogP contribution is -2.48. The average molecular weight is 264 g/mol. The summed E-state index contributed by atoms with van der Waals surface area (Å²) < 4.78 is 0. The summed E-state index contributed by atoms with van der Waals surface area (Å²) in [5, 5.41) is 12.6. The Morgan fingerprint density at radius 3 is 2.63 bits per heavy atom. The van der Waals surface area contributed by atoms with Gasteiger partial charge in [0.25, 0.3) is 0 Å². The van der Waals surface area contributed by atoms with Crippen molar-refractivity contribution in [1.29, 1.82) is 0 Å². The Morgan fingerprint density at radius 1 is 1.37 bits per heavy atom. The van der Waals surface area contributed by atoms with Crippen LogP contribution >= 0.6 is 0 Å². The molecule has 0 bridgehead atoms. The van der Waals surface area contributed by atoms with Crippen molar-refractivity contribution in [1.82, 2.24) is 9.97 Å². The van der Waals surface area contributed by atoms with Gasteiger partial charge in [0.2, 0.25) is 5.95 Å². The van der Waals surface area contributed by atoms with Gasteiger partial charge in [0.15, 0.2) is 0 Å². The summed E-state index contributed by atoms with van der Waals surface area (Å²) in [5.41, 5.74) is -0.879. The predicted molar refractivity (Wildman–Crippen MR) is 73.4 cm³/mol. The summed E-state index contributed by atoms with van der Waals surface area (Å²) in [6.07, 6.45) is 5.90. The molecule has 1 aliphatic carbocycles. The molecule has 1 fully saturated rings. The molecule has 2 rings (SSSR count). The molecule has 1 heterocycles. The van der Waals surface area contributed by atoms with Crippen LogP contribution < -0.4 is 10.2 Å². The van der Waals surface area contributed by atoms with E-state index in [9.17, 15) is 9.90 Å². The monoisotopic (exact) mass is 264 g/mol. The minimum Gasteiger partial charge on any atom is -0.480 e. The first-order valence-corrected chi connectivity index (χ1v) is 6.55. The lowest BCUT2D eigenvalue weighted by Gasteiger charge is -2.34. The number of hydrogen-bond donors (Lipinski definition) is 2. The number of anilines is 2. The van der Waals surface area contributed by atoms with Crippen LogP contribution in [-0.4, -0.2) is 40.7 Å². The van der Waals surface area contributed by atoms with Crippen LogP contribution in [0.5, 0.6) is 0 Å². The average Bonchev–Trinajstić information content (AvgIpc) is 2.40. The van der Waals surface area contributed by atoms with E-state index in [0.29, 0.717) is 24.6 Å². The predicted octanol–water partition coefficient (Wildman–Crippen LogP) is 1.74. The van der Waals surface area contributed by atoms with Crippen molar-refractivity contribution in [2.24, 2.45) is 0 Å². The maximum atomic E-state index is 11.6. The molecule has 2 N–H and O–H groups in total. The highest BCUT2D eigenvalue weighted by Crippen LogP contribution is 2.31. The Labute approximate surface area is 112 Å². The molecule has 0 amide bonds. The molecule has 6 heteroatoms. The first kappa shape index (κ1) is 13.6. The smallest absolute Gasteiger partial charge is 0.329 e. The number of hydrogen-bond acceptors (Lipinski definition) is 5. The molecule has 0 radical (unpaired) electrons. The van der Waals surface area contributed by atoms with E-state index in [1.54, 1.807) is 17.2 Å². The van der Waals surface area contributed by atoms with Crippen molar-refractivity contribution in [3.63, 3.8) is 0 Å². The number of rotatable bonds is 4. The molecular formula is C13H20N4O2. The maximum absolute atomic E-state index is 11.6. The van der Waals surface area contributed by atoms with Crippen LogP contribution in [0.2, 0.25) is 0 Å². The third-order valence-electron chi connectivity index (χ3n) is 3.53. The fourth-order valence-electron chi connectivity index (χ4n) is 2.43. The second kappa shape index (κ2) is 5.42. The summed E-state index contributed by atoms with van der Waals surface area (Å²) in [7, 11) is 3.71. The highest BCUT2D eigenvalue weighted by Gasteiger charge is 2.39. The fraction of sp³-hybridized carbons (Fsp3) is 0.615. The van der Waals surface area contributed by atoms with Crippen LogP contribution in [0.1, 0.15) is 32.1 Å². The zero-order chi connectivity index (χ0) is 13.9. The number of carboxylic acid groups (broad SMARTS) is 1. The van der Waals surface area contributed by atoms with Crippen LogP contribution in [0, 0.1) is 0 Å². The third-order valence-corrected chi connectivity index (χ3v) is 3.53. The minimum absolute atomic E-state index is 0.571. The van der Waals surface area contributed by atoms with E-state index in [4.69, 9.17) is 0 Å². The van der Waals surface area contributed by atoms with E-state index in [2.05, 4.69) is 15.3 Å². The SMILES string of the molecule is CN(C)c1nccc(NC2(C(=O)O)CCCCC2)n1. The van der Waals surface area contributed by atoms with E-state index < -0.39 is 11.5 Å². The molecule has 1 aromatic rings. The van der Waals surface area contributed by atoms with Gasteiger partial charge in [-0.2, -0.15) is 4.98 Å². The first-order valence-electron chi connectivity index (χ1n) is 6.55. The van der Waals surface area contributed by atoms with Gasteiger partial charge < -0.3 is 15.3 Å². The van der Waals surface area contributed by atoms with Gasteiger partial charge >= 0.3 is 5.97 Å². The lowest BCUT2D eigenvalue weighted by molar-refractivity contribution is -0.143. The fourth-order valence-corrected chi connectivity index (χ4v) is 2.43. The number of nitrogens with zero attached hydrogens (tertiary/aromatic N) is 3. The topological polar surface area (TPSA) is 78.4 Å². The second-order valence-electron chi connectivity index (χ2n) is 5.21. The van der Waals surface area contributed by atoms with Crippen molar-refractivity contribution >= 4 is 17.7 Å². The number of carboxylic acids is 1. The molecule has 0 saturated heterocycles. The number of aliphatic carboxylic acids is 1. The van der Waals surface area contributed by atoms with E-state index in [-0.39, 0.29) is 0 Å². The van der Waals surface area contributed by atoms with Crippen LogP contribution in [-0.2, 0) is 4.79 Å². The van der Waals surface area contributed by atoms with Crippen LogP contribution in [0.4, 0.5) is 11.8 Å². The van der Waals surface area contributed by atoms with Gasteiger partial charge in [-0.05, 0) is 18.9 Å². The second-order valence-corrected chi connectivity index (χ2v) is 5.21. The van der Waals surface area contributed by atoms with Gasteiger partial charge in [-0.25, -0.2) is 9.78 Å². The molecule has 0 atom stereocenters. The molecule has 0 unspecified atom stereocenters. The lowest BCUT2D eigenvalue weighted by atomic mass is 9.81. The third kappa shape index (κ3) is 2.94. The number of nitrogens with one attached hydrogen (secondary N) is 1. The van der Waals surface area contributed by atoms with E-state index in [0.717, 1.165) is 19.3 Å². The molecule has 0 aromatic carbocycles. The Bertz CT molecular complexity index is 456. The van der Waals surface area contributed by atoms with Crippen molar-refractivity contribution in [3.05, 3.63) is 12.3 Å². The molecule has 1 aliphatic rings. The van der Waals surface area contributed by atoms with Crippen LogP contribution in [0.15, 0.2) is 12.3 Å². The van der Waals surface area contributed by atoms with E-state index >= 15 is 0 Å². The zero-order valence-corrected chi connectivity index (χ0v) is 11.4. The van der Waals surface area contributed by atoms with Gasteiger partial charge in [0.05, 0.1) is 0 Å². The standard InChI is InChI=1S/C13H20N4O2/c1-17(2)12-14-9-6-10(15-12)16-13(11(18)19)7-4-3-5-8-13/h6,9H,3-5,7-8H2,1-2H3,(H,18,19)(H,14,15,16). The maximum Gasteiger partial charge on any atom is 0.329 e. The molecule has 0 spiro atoms. The summed E-state index contributed by atoms with van der Waals surface area (Å²) >= 11 is 0. The van der Waals surface area contributed by atoms with Crippen molar-refractivity contribution < 1.29 is 9.90 Å². The van der Waals surface area contributed by atoms with Gasteiger partial charge in [-0.1, -0.05) is 19.3 Å². The molecule has 1 aromatic heterocycles. The summed E-state index contributed by atoms with van der Waals surface area (Å²) in [4.78, 5) is 21.8. The summed E-state index contributed by atoms with van der Waals surface area (Å²) in [6.45, 7) is 0. The van der Waals surface area contributed by atoms with E-state index in [1.165, 1.54) is 0 Å². The van der Waals surface area contributed by atoms with E-state index in [1.807, 2.05) is 14.1 Å². The number of aromatic nitrogens is 2. The number of carbonyl (C=O) groups is 1. The molecule has 0 aliphatic heterocycles. The van der Waals surface area contributed by atoms with Crippen molar-refractivity contribution in [3.8, 4) is 0 Å². The Kier molecular flexibility index (Phi) is 3.87. The summed E-state index contributed by atoms with van der Waals surface area (Å²) in [5.74, 6) is 0.349. The molecule has 104 valence electrons. The van der Waals surface area contributed by atoms with Gasteiger partial charge in [-0.3, -0.25) is 0 Å². The quantitative estimate of drug-likeness (QED) is 0.862. The van der Waals surface area contributed by atoms with Gasteiger partial charge in [0.1, 0.15) is 11.4 Å². The minimum atomic E-state index is -0.879. The van der Waals surface area contributed by atoms with Gasteiger partial charge in [0, 0.05) is 20.3 Å². The van der Waals surface area contributed by atoms with Crippen LogP contribution in [0.25, 0.3) is 0 Å². The van der Waals surface area contributed by atoms with Crippen LogP contribution in [0.3, 0.4) is 0 Å². The highest BCUT2D eigenvalue weighted by molar-refractivity contribution is 5.82. The molecule has 6 nitrogen and oxygen atoms in total. The Hall–Kier alpha value is -1.85. The zero-order valence-electron chi connectivity index (χ0n) is 11.4. The van der Waals surface area contributed by atoms with Crippen molar-refractivity contribution in [2.75, 3.05) is 24.3 Å². The first-order chi connectivity index (χ1) is 9.03. The van der Waals surface area contributed by atoms with Gasteiger partial charge in [-0.15, -0.1) is 0 Å². The summed E-state index contributed by atoms with van der Waals surface area (Å²) in [6, 6.07) is 1.71. The molecule has 1 saturated carbocycles. The Balaban J connectivity index is 2.22. The Morgan fingerprint density at radius 2 is 2.05 bits per heavy atom. The highest BCUT2D eigenvalue weighted by atomic mass is 16.4. The van der Waals surface area contributed by atoms with Crippen molar-refractivity contribution in [2.45, 2.75) is 37.6 Å². The largest absolute Gasteiger partial charge is 0.480 e. The molecular weight excluding hydrogens is 244 g/mol. The normalized spacial score (nSPS) is 17.8. The molecule has 19 heavy (non-hydrogen) atoms.